The molecule has 1 aromatic heterocycles. The molecular formula is C25H27Cl2N5O. The van der Waals surface area contributed by atoms with Gasteiger partial charge in [-0.1, -0.05) is 47.5 Å². The van der Waals surface area contributed by atoms with Crippen molar-refractivity contribution in [2.45, 2.75) is 18.7 Å². The van der Waals surface area contributed by atoms with Crippen LogP contribution < -0.4 is 4.90 Å². The van der Waals surface area contributed by atoms with Gasteiger partial charge in [-0.25, -0.2) is 9.97 Å². The highest BCUT2D eigenvalue weighted by molar-refractivity contribution is 6.30. The van der Waals surface area contributed by atoms with Gasteiger partial charge in [0.2, 0.25) is 0 Å². The minimum absolute atomic E-state index is 0.108. The smallest absolute Gasteiger partial charge is 0.132 e. The number of piperazine rings is 1. The Morgan fingerprint density at radius 1 is 0.848 bits per heavy atom. The van der Waals surface area contributed by atoms with Crippen LogP contribution in [0.3, 0.4) is 0 Å². The molecule has 8 heteroatoms. The van der Waals surface area contributed by atoms with E-state index in [1.54, 1.807) is 6.33 Å². The lowest BCUT2D eigenvalue weighted by Crippen LogP contribution is -2.53. The van der Waals surface area contributed by atoms with Crippen LogP contribution >= 0.6 is 23.2 Å². The highest BCUT2D eigenvalue weighted by Crippen LogP contribution is 2.27. The Morgan fingerprint density at radius 3 is 2.21 bits per heavy atom. The van der Waals surface area contributed by atoms with E-state index in [1.807, 2.05) is 42.5 Å². The summed E-state index contributed by atoms with van der Waals surface area (Å²) in [4.78, 5) is 15.9. The number of rotatable bonds is 5. The highest BCUT2D eigenvalue weighted by Gasteiger charge is 2.37. The SMILES string of the molecule is OC1CN(c2cc(-c3ccc(Cl)cc3)ncn2)CC1N1CCN(Cc2ccc(Cl)cc2)CC1. The zero-order chi connectivity index (χ0) is 22.8. The zero-order valence-corrected chi connectivity index (χ0v) is 19.8. The fraction of sp³-hybridized carbons (Fsp3) is 0.360. The molecule has 2 unspecified atom stereocenters. The Labute approximate surface area is 204 Å². The summed E-state index contributed by atoms with van der Waals surface area (Å²) in [6, 6.07) is 17.8. The molecule has 2 aliphatic heterocycles. The van der Waals surface area contributed by atoms with Crippen LogP contribution in [0.15, 0.2) is 60.9 Å². The van der Waals surface area contributed by atoms with Crippen LogP contribution in [-0.4, -0.2) is 76.3 Å². The summed E-state index contributed by atoms with van der Waals surface area (Å²) in [7, 11) is 0. The van der Waals surface area contributed by atoms with Crippen LogP contribution in [-0.2, 0) is 6.54 Å². The molecule has 5 rings (SSSR count). The predicted octanol–water partition coefficient (Wildman–Crippen LogP) is 3.82. The van der Waals surface area contributed by atoms with Crippen LogP contribution in [0.4, 0.5) is 5.82 Å². The van der Waals surface area contributed by atoms with E-state index < -0.39 is 6.10 Å². The second kappa shape index (κ2) is 9.95. The van der Waals surface area contributed by atoms with Crippen molar-refractivity contribution in [1.82, 2.24) is 19.8 Å². The molecule has 1 N–H and O–H groups in total. The molecule has 0 bridgehead atoms. The van der Waals surface area contributed by atoms with E-state index in [0.29, 0.717) is 11.6 Å². The number of aromatic nitrogens is 2. The van der Waals surface area contributed by atoms with Gasteiger partial charge in [0, 0.05) is 67.5 Å². The summed E-state index contributed by atoms with van der Waals surface area (Å²) in [5, 5.41) is 12.3. The Hall–Kier alpha value is -2.22. The summed E-state index contributed by atoms with van der Waals surface area (Å²) in [6.07, 6.45) is 1.19. The Morgan fingerprint density at radius 2 is 1.52 bits per heavy atom. The molecular weight excluding hydrogens is 457 g/mol. The van der Waals surface area contributed by atoms with Crippen molar-refractivity contribution in [2.75, 3.05) is 44.2 Å². The number of benzene rings is 2. The van der Waals surface area contributed by atoms with Crippen molar-refractivity contribution in [1.29, 1.82) is 0 Å². The van der Waals surface area contributed by atoms with E-state index in [-0.39, 0.29) is 6.04 Å². The molecule has 0 saturated carbocycles. The highest BCUT2D eigenvalue weighted by atomic mass is 35.5. The van der Waals surface area contributed by atoms with Gasteiger partial charge in [-0.2, -0.15) is 0 Å². The fourth-order valence-corrected chi connectivity index (χ4v) is 4.97. The van der Waals surface area contributed by atoms with Crippen molar-refractivity contribution in [3.05, 3.63) is 76.5 Å². The predicted molar refractivity (Wildman–Crippen MR) is 133 cm³/mol. The molecule has 6 nitrogen and oxygen atoms in total. The zero-order valence-electron chi connectivity index (χ0n) is 18.3. The number of aliphatic hydroxyl groups excluding tert-OH is 1. The minimum atomic E-state index is -0.401. The van der Waals surface area contributed by atoms with Gasteiger partial charge in [-0.3, -0.25) is 9.80 Å². The van der Waals surface area contributed by atoms with Crippen molar-refractivity contribution in [2.24, 2.45) is 0 Å². The maximum absolute atomic E-state index is 10.8. The molecule has 0 amide bonds. The van der Waals surface area contributed by atoms with Crippen LogP contribution in [0.1, 0.15) is 5.56 Å². The number of nitrogens with zero attached hydrogens (tertiary/aromatic N) is 5. The lowest BCUT2D eigenvalue weighted by Gasteiger charge is -2.38. The quantitative estimate of drug-likeness (QED) is 0.595. The first-order chi connectivity index (χ1) is 16.0. The van der Waals surface area contributed by atoms with Gasteiger partial charge in [0.05, 0.1) is 17.8 Å². The molecule has 3 heterocycles. The van der Waals surface area contributed by atoms with Crippen LogP contribution in [0.5, 0.6) is 0 Å². The second-order valence-electron chi connectivity index (χ2n) is 8.75. The lowest BCUT2D eigenvalue weighted by molar-refractivity contribution is 0.0424. The van der Waals surface area contributed by atoms with E-state index in [9.17, 15) is 5.11 Å². The summed E-state index contributed by atoms with van der Waals surface area (Å²) in [5.74, 6) is 0.845. The molecule has 172 valence electrons. The molecule has 3 aromatic rings. The summed E-state index contributed by atoms with van der Waals surface area (Å²) < 4.78 is 0. The van der Waals surface area contributed by atoms with Crippen LogP contribution in [0.25, 0.3) is 11.3 Å². The van der Waals surface area contributed by atoms with Crippen molar-refractivity contribution >= 4 is 29.0 Å². The molecule has 2 aliphatic rings. The molecule has 0 spiro atoms. The molecule has 2 fully saturated rings. The minimum Gasteiger partial charge on any atom is -0.390 e. The first-order valence-electron chi connectivity index (χ1n) is 11.3. The fourth-order valence-electron chi connectivity index (χ4n) is 4.71. The second-order valence-corrected chi connectivity index (χ2v) is 9.62. The number of anilines is 1. The standard InChI is InChI=1S/C25H27Cl2N5O/c26-20-5-1-18(2-6-20)14-30-9-11-31(12-10-30)23-15-32(16-24(23)33)25-13-22(28-17-29-25)19-3-7-21(27)8-4-19/h1-8,13,17,23-24,33H,9-12,14-16H2. The Balaban J connectivity index is 1.20. The van der Waals surface area contributed by atoms with E-state index in [0.717, 1.165) is 61.4 Å². The molecule has 2 atom stereocenters. The number of β-amino-alcohol motifs (C(OH)–C–C–N with tert-alkyl or cyclic N) is 1. The monoisotopic (exact) mass is 483 g/mol. The summed E-state index contributed by atoms with van der Waals surface area (Å²) in [6.45, 7) is 6.13. The first kappa shape index (κ1) is 22.6. The normalized spacial score (nSPS) is 22.1. The summed E-state index contributed by atoms with van der Waals surface area (Å²) in [5.41, 5.74) is 3.13. The number of halogens is 2. The molecule has 0 aliphatic carbocycles. The number of hydrogen-bond donors (Lipinski definition) is 1. The van der Waals surface area contributed by atoms with Crippen LogP contribution in [0, 0.1) is 0 Å². The van der Waals surface area contributed by atoms with E-state index >= 15 is 0 Å². The molecule has 0 radical (unpaired) electrons. The average Bonchev–Trinajstić information content (AvgIpc) is 3.23. The van der Waals surface area contributed by atoms with Gasteiger partial charge in [0.1, 0.15) is 12.1 Å². The van der Waals surface area contributed by atoms with Gasteiger partial charge in [0.15, 0.2) is 0 Å². The van der Waals surface area contributed by atoms with Gasteiger partial charge in [-0.15, -0.1) is 0 Å². The van der Waals surface area contributed by atoms with Crippen molar-refractivity contribution < 1.29 is 5.11 Å². The van der Waals surface area contributed by atoms with E-state index in [4.69, 9.17) is 23.2 Å². The molecule has 2 aromatic carbocycles. The topological polar surface area (TPSA) is 55.7 Å². The molecule has 2 saturated heterocycles. The third kappa shape index (κ3) is 5.31. The van der Waals surface area contributed by atoms with Gasteiger partial charge >= 0.3 is 0 Å². The van der Waals surface area contributed by atoms with Crippen molar-refractivity contribution in [3.8, 4) is 11.3 Å². The average molecular weight is 484 g/mol. The number of hydrogen-bond acceptors (Lipinski definition) is 6. The number of aliphatic hydroxyl groups is 1. The maximum Gasteiger partial charge on any atom is 0.132 e. The Bertz CT molecular complexity index is 1070. The van der Waals surface area contributed by atoms with E-state index in [2.05, 4.69) is 36.8 Å². The molecule has 33 heavy (non-hydrogen) atoms. The third-order valence-corrected chi connectivity index (χ3v) is 7.07. The summed E-state index contributed by atoms with van der Waals surface area (Å²) >= 11 is 12.0. The van der Waals surface area contributed by atoms with Crippen LogP contribution in [0.2, 0.25) is 10.0 Å². The maximum atomic E-state index is 10.8. The van der Waals surface area contributed by atoms with Crippen molar-refractivity contribution in [3.63, 3.8) is 0 Å². The largest absolute Gasteiger partial charge is 0.390 e. The van der Waals surface area contributed by atoms with Gasteiger partial charge in [0.25, 0.3) is 0 Å². The van der Waals surface area contributed by atoms with Gasteiger partial charge in [-0.05, 0) is 29.8 Å². The first-order valence-corrected chi connectivity index (χ1v) is 12.0. The van der Waals surface area contributed by atoms with E-state index in [1.165, 1.54) is 5.56 Å². The van der Waals surface area contributed by atoms with Gasteiger partial charge < -0.3 is 10.0 Å². The Kier molecular flexibility index (Phi) is 6.81. The lowest BCUT2D eigenvalue weighted by atomic mass is 10.1. The third-order valence-electron chi connectivity index (χ3n) is 6.57.